The van der Waals surface area contributed by atoms with E-state index < -0.39 is 18.0 Å². The Kier molecular flexibility index (Phi) is 19.0. The zero-order chi connectivity index (χ0) is 59.7. The van der Waals surface area contributed by atoms with Crippen LogP contribution in [0.15, 0.2) is 0 Å². The molecule has 14 rings (SSSR count). The summed E-state index contributed by atoms with van der Waals surface area (Å²) >= 11 is 0. The van der Waals surface area contributed by atoms with Crippen molar-refractivity contribution in [2.24, 2.45) is 183 Å². The Morgan fingerprint density at radius 3 is 1.12 bits per heavy atom. The molecular formula is C69H109N3O12. The van der Waals surface area contributed by atoms with Crippen molar-refractivity contribution < 1.29 is 57.9 Å². The summed E-state index contributed by atoms with van der Waals surface area (Å²) < 4.78 is 19.9. The average Bonchev–Trinajstić information content (AvgIpc) is 1.70. The molecule has 0 saturated heterocycles. The van der Waals surface area contributed by atoms with Crippen LogP contribution in [0.25, 0.3) is 0 Å². The molecule has 14 saturated carbocycles. The number of ether oxygens (including phenoxy) is 4. The van der Waals surface area contributed by atoms with Crippen LogP contribution in [-0.4, -0.2) is 111 Å². The molecule has 0 spiro atoms. The van der Waals surface area contributed by atoms with Gasteiger partial charge in [-0.15, -0.1) is 0 Å². The van der Waals surface area contributed by atoms with Gasteiger partial charge >= 0.3 is 17.9 Å². The number of rotatable bonds is 17. The topological polar surface area (TPSA) is 216 Å². The largest absolute Gasteiger partial charge is 0.462 e. The minimum Gasteiger partial charge on any atom is -0.462 e. The van der Waals surface area contributed by atoms with Gasteiger partial charge in [-0.25, -0.2) is 4.79 Å². The van der Waals surface area contributed by atoms with Crippen molar-refractivity contribution in [3.8, 4) is 0 Å². The van der Waals surface area contributed by atoms with Crippen molar-refractivity contribution in [2.45, 2.75) is 152 Å². The molecule has 15 nitrogen and oxygen atoms in total. The standard InChI is InChI=1S/C21H33NO4.C20H31NO4.C19H29NO4.C9H16/c1-4-25-5-6-26-18(23)10-22-21(24)17-8-13-7-16(17)20-15-9-14(19(13)20)11(2)12(15)3;1-9-10(2)14-8-13(9)17-12-6-15(18(14)17)16(7-12)19(23)21-11(3)20(24)25-5-4-22;1-9-10(2)13-7-12(9)17-11-5-14(18(13)17)15(6-11)19(23)20-8-16(22)24-4-3-21;1-6-7(2)9-4-3-8(6)5-9/h11-17,19-20H,4-10H2,1-3H3,(H,22,24);9-18,22H,4-8H2,1-3H3,(H,21,23);9-15,17-18,21H,3-8H2,1-2H3,(H,20,23);6-9H,3-5H2,1-2H3. The summed E-state index contributed by atoms with van der Waals surface area (Å²) in [5.41, 5.74) is 0. The fraction of sp³-hybridized carbons (Fsp3) is 0.913. The third kappa shape index (κ3) is 11.2. The van der Waals surface area contributed by atoms with E-state index in [1.54, 1.807) is 13.3 Å². The first kappa shape index (κ1) is 62.3. The summed E-state index contributed by atoms with van der Waals surface area (Å²) in [4.78, 5) is 73.2. The third-order valence-corrected chi connectivity index (χ3v) is 28.3. The van der Waals surface area contributed by atoms with Crippen LogP contribution in [0.5, 0.6) is 0 Å². The van der Waals surface area contributed by atoms with Crippen LogP contribution in [0, 0.1) is 183 Å². The van der Waals surface area contributed by atoms with Crippen LogP contribution >= 0.6 is 0 Å². The molecule has 32 unspecified atom stereocenters. The van der Waals surface area contributed by atoms with Crippen LogP contribution < -0.4 is 16.0 Å². The molecule has 0 heterocycles. The van der Waals surface area contributed by atoms with Crippen LogP contribution in [-0.2, 0) is 47.7 Å². The van der Waals surface area contributed by atoms with Crippen LogP contribution in [0.4, 0.5) is 0 Å². The van der Waals surface area contributed by atoms with Gasteiger partial charge in [0.15, 0.2) is 0 Å². The highest BCUT2D eigenvalue weighted by Gasteiger charge is 2.69. The number of hydrogen-bond acceptors (Lipinski definition) is 12. The minimum absolute atomic E-state index is 0.00821. The third-order valence-electron chi connectivity index (χ3n) is 28.3. The second-order valence-corrected chi connectivity index (χ2v) is 30.8. The van der Waals surface area contributed by atoms with Gasteiger partial charge < -0.3 is 45.1 Å². The van der Waals surface area contributed by atoms with Crippen LogP contribution in [0.1, 0.15) is 146 Å². The molecule has 0 aliphatic heterocycles. The molecule has 0 aromatic heterocycles. The maximum Gasteiger partial charge on any atom is 0.328 e. The lowest BCUT2D eigenvalue weighted by molar-refractivity contribution is -0.149. The fourth-order valence-electron chi connectivity index (χ4n) is 24.3. The lowest BCUT2D eigenvalue weighted by Gasteiger charge is -2.43. The van der Waals surface area contributed by atoms with Crippen LogP contribution in [0.2, 0.25) is 0 Å². The van der Waals surface area contributed by atoms with Gasteiger partial charge in [-0.3, -0.25) is 24.0 Å². The van der Waals surface area contributed by atoms with Crippen LogP contribution in [0.3, 0.4) is 0 Å². The number of hydrogen-bond donors (Lipinski definition) is 5. The lowest BCUT2D eigenvalue weighted by Crippen LogP contribution is -2.47. The number of amides is 3. The maximum atomic E-state index is 12.8. The number of esters is 3. The first-order chi connectivity index (χ1) is 40.3. The first-order valence-electron chi connectivity index (χ1n) is 34.4. The monoisotopic (exact) mass is 1170 g/mol. The predicted octanol–water partition coefficient (Wildman–Crippen LogP) is 8.47. The SMILES string of the molecule is CC(NC(=O)C1CC2CC1C1C3CC(C(C)C3C)C21)C(=O)OCCO.CC1C(C)C2CC1C1C3CC(C(=O)NCC(=O)OCCO)C(C3)C21.CC1C2CCC(C2)C1C.CCOCCOC(=O)CNC(=O)C1CC2CC1C1C3CC(C(C)C3C)C21. The van der Waals surface area contributed by atoms with Gasteiger partial charge in [0.1, 0.15) is 39.0 Å². The van der Waals surface area contributed by atoms with E-state index in [9.17, 15) is 28.8 Å². The van der Waals surface area contributed by atoms with E-state index in [4.69, 9.17) is 29.2 Å². The van der Waals surface area contributed by atoms with Crippen molar-refractivity contribution in [3.63, 3.8) is 0 Å². The van der Waals surface area contributed by atoms with Crippen molar-refractivity contribution >= 4 is 35.6 Å². The predicted molar refractivity (Wildman–Crippen MR) is 316 cm³/mol. The molecule has 15 heteroatoms. The lowest BCUT2D eigenvalue weighted by atomic mass is 9.62. The van der Waals surface area contributed by atoms with Crippen molar-refractivity contribution in [1.82, 2.24) is 16.0 Å². The molecule has 5 N–H and O–H groups in total. The summed E-state index contributed by atoms with van der Waals surface area (Å²) in [6.07, 6.45) is 15.5. The number of fused-ring (bicyclic) bond motifs is 29. The van der Waals surface area contributed by atoms with E-state index in [1.807, 2.05) is 6.92 Å². The van der Waals surface area contributed by atoms with Gasteiger partial charge in [0.25, 0.3) is 0 Å². The quantitative estimate of drug-likeness (QED) is 0.0401. The van der Waals surface area contributed by atoms with Crippen molar-refractivity contribution in [1.29, 1.82) is 0 Å². The van der Waals surface area contributed by atoms with Gasteiger partial charge in [-0.1, -0.05) is 55.4 Å². The van der Waals surface area contributed by atoms with Crippen molar-refractivity contribution in [3.05, 3.63) is 0 Å². The van der Waals surface area contributed by atoms with Gasteiger partial charge in [0.05, 0.1) is 19.8 Å². The molecule has 14 fully saturated rings. The number of aliphatic hydroxyl groups is 2. The second-order valence-electron chi connectivity index (χ2n) is 30.8. The smallest absolute Gasteiger partial charge is 0.328 e. The molecule has 14 aliphatic rings. The fourth-order valence-corrected chi connectivity index (χ4v) is 24.3. The Balaban J connectivity index is 0.000000122. The van der Waals surface area contributed by atoms with Gasteiger partial charge in [-0.05, 0) is 257 Å². The molecule has 0 aromatic carbocycles. The zero-order valence-corrected chi connectivity index (χ0v) is 52.8. The Morgan fingerprint density at radius 1 is 0.405 bits per heavy atom. The first-order valence-corrected chi connectivity index (χ1v) is 34.4. The number of carbonyl (C=O) groups is 6. The molecule has 3 amide bonds. The van der Waals surface area contributed by atoms with Gasteiger partial charge in [0, 0.05) is 24.4 Å². The Bertz CT molecular complexity index is 2370. The second kappa shape index (κ2) is 25.7. The Morgan fingerprint density at radius 2 is 0.762 bits per heavy atom. The zero-order valence-electron chi connectivity index (χ0n) is 52.8. The molecule has 32 atom stereocenters. The Hall–Kier alpha value is -3.30. The number of carbonyl (C=O) groups excluding carboxylic acids is 6. The average molecular weight is 1170 g/mol. The molecule has 14 aliphatic carbocycles. The van der Waals surface area contributed by atoms with Gasteiger partial charge in [-0.2, -0.15) is 0 Å². The molecule has 472 valence electrons. The normalized spacial score (nSPS) is 47.8. The summed E-state index contributed by atoms with van der Waals surface area (Å²) in [5.74, 6) is 22.1. The van der Waals surface area contributed by atoms with E-state index >= 15 is 0 Å². The highest BCUT2D eigenvalue weighted by molar-refractivity contribution is 5.86. The number of nitrogens with one attached hydrogen (secondary N) is 3. The number of aliphatic hydroxyl groups excluding tert-OH is 2. The summed E-state index contributed by atoms with van der Waals surface area (Å²) in [6.45, 7) is 23.7. The molecule has 0 radical (unpaired) electrons. The van der Waals surface area contributed by atoms with E-state index in [1.165, 1.54) is 51.4 Å². The molecule has 84 heavy (non-hydrogen) atoms. The summed E-state index contributed by atoms with van der Waals surface area (Å²) in [6, 6.07) is -0.645. The van der Waals surface area contributed by atoms with E-state index in [2.05, 4.69) is 71.3 Å². The van der Waals surface area contributed by atoms with E-state index in [-0.39, 0.29) is 87.6 Å². The minimum atomic E-state index is -0.645. The summed E-state index contributed by atoms with van der Waals surface area (Å²) in [7, 11) is 0. The van der Waals surface area contributed by atoms with Crippen molar-refractivity contribution in [2.75, 3.05) is 59.3 Å². The molecular weight excluding hydrogens is 1060 g/mol. The highest BCUT2D eigenvalue weighted by atomic mass is 16.6. The van der Waals surface area contributed by atoms with E-state index in [0.717, 1.165) is 161 Å². The highest BCUT2D eigenvalue weighted by Crippen LogP contribution is 2.74. The van der Waals surface area contributed by atoms with E-state index in [0.29, 0.717) is 36.9 Å². The van der Waals surface area contributed by atoms with Gasteiger partial charge in [0.2, 0.25) is 17.7 Å². The molecule has 0 aromatic rings. The maximum absolute atomic E-state index is 12.8. The molecule has 14 bridgehead atoms. The Labute approximate surface area is 502 Å². The summed E-state index contributed by atoms with van der Waals surface area (Å²) in [5, 5.41) is 25.9.